The van der Waals surface area contributed by atoms with Crippen molar-refractivity contribution in [3.8, 4) is 5.75 Å². The first-order valence-electron chi connectivity index (χ1n) is 8.34. The molecule has 3 rings (SSSR count). The number of rotatable bonds is 4. The van der Waals surface area contributed by atoms with Crippen LogP contribution in [0.4, 0.5) is 5.69 Å². The molecule has 0 spiro atoms. The van der Waals surface area contributed by atoms with Crippen LogP contribution in [0.2, 0.25) is 0 Å². The number of hydrogen-bond acceptors (Lipinski definition) is 5. The van der Waals surface area contributed by atoms with Gasteiger partial charge in [-0.15, -0.1) is 0 Å². The smallest absolute Gasteiger partial charge is 0.119 e. The van der Waals surface area contributed by atoms with Crippen LogP contribution in [0.25, 0.3) is 0 Å². The molecule has 0 unspecified atom stereocenters. The molecule has 0 fully saturated rings. The topological polar surface area (TPSA) is 48.8 Å². The summed E-state index contributed by atoms with van der Waals surface area (Å²) in [5, 5.41) is 9.75. The summed E-state index contributed by atoms with van der Waals surface area (Å²) in [7, 11) is 3.73. The zero-order valence-corrected chi connectivity index (χ0v) is 14.4. The fourth-order valence-electron chi connectivity index (χ4n) is 3.26. The van der Waals surface area contributed by atoms with Gasteiger partial charge in [-0.2, -0.15) is 0 Å². The second kappa shape index (κ2) is 7.64. The molecule has 24 heavy (non-hydrogen) atoms. The van der Waals surface area contributed by atoms with Crippen molar-refractivity contribution in [3.05, 3.63) is 53.9 Å². The largest absolute Gasteiger partial charge is 0.497 e. The Morgan fingerprint density at radius 1 is 1.29 bits per heavy atom. The van der Waals surface area contributed by atoms with E-state index in [1.165, 1.54) is 5.56 Å². The number of hydrogen-bond donors (Lipinski definition) is 1. The van der Waals surface area contributed by atoms with Crippen molar-refractivity contribution in [2.75, 3.05) is 32.2 Å². The van der Waals surface area contributed by atoms with Crippen LogP contribution < -0.4 is 9.64 Å². The Bertz CT molecular complexity index is 677. The number of aromatic nitrogens is 1. The molecule has 0 aliphatic carbocycles. The lowest BCUT2D eigenvalue weighted by molar-refractivity contribution is 0.204. The Labute approximate surface area is 143 Å². The summed E-state index contributed by atoms with van der Waals surface area (Å²) in [6.45, 7) is 2.71. The average Bonchev–Trinajstić information content (AvgIpc) is 2.61. The summed E-state index contributed by atoms with van der Waals surface area (Å²) in [5.74, 6) is 0.881. The maximum Gasteiger partial charge on any atom is 0.119 e. The van der Waals surface area contributed by atoms with Gasteiger partial charge in [0.05, 0.1) is 31.1 Å². The summed E-state index contributed by atoms with van der Waals surface area (Å²) in [5.41, 5.74) is 3.38. The van der Waals surface area contributed by atoms with Crippen molar-refractivity contribution in [2.45, 2.75) is 25.6 Å². The minimum atomic E-state index is 0.112. The van der Waals surface area contributed by atoms with Gasteiger partial charge in [0.2, 0.25) is 0 Å². The van der Waals surface area contributed by atoms with Gasteiger partial charge in [0.15, 0.2) is 0 Å². The third-order valence-corrected chi connectivity index (χ3v) is 4.70. The number of aliphatic hydroxyl groups excluding tert-OH is 1. The molecule has 128 valence electrons. The van der Waals surface area contributed by atoms with Crippen LogP contribution in [0, 0.1) is 0 Å². The Morgan fingerprint density at radius 2 is 2.17 bits per heavy atom. The maximum absolute atomic E-state index is 9.75. The van der Waals surface area contributed by atoms with E-state index in [0.29, 0.717) is 0 Å². The van der Waals surface area contributed by atoms with Gasteiger partial charge >= 0.3 is 0 Å². The van der Waals surface area contributed by atoms with E-state index in [1.807, 2.05) is 31.4 Å². The van der Waals surface area contributed by atoms with Crippen molar-refractivity contribution in [3.63, 3.8) is 0 Å². The number of pyridine rings is 1. The molecule has 0 saturated carbocycles. The zero-order chi connectivity index (χ0) is 16.9. The van der Waals surface area contributed by atoms with Crippen molar-refractivity contribution >= 4 is 5.69 Å². The van der Waals surface area contributed by atoms with Gasteiger partial charge in [-0.25, -0.2) is 0 Å². The normalized spacial score (nSPS) is 18.6. The quantitative estimate of drug-likeness (QED) is 0.934. The molecule has 1 N–H and O–H groups in total. The van der Waals surface area contributed by atoms with E-state index in [0.717, 1.165) is 43.2 Å². The highest BCUT2D eigenvalue weighted by Gasteiger charge is 2.23. The summed E-state index contributed by atoms with van der Waals surface area (Å²) in [6, 6.07) is 12.3. The van der Waals surface area contributed by atoms with Crippen LogP contribution in [-0.2, 0) is 13.1 Å². The highest BCUT2D eigenvalue weighted by Crippen LogP contribution is 2.25. The number of likely N-dealkylation sites (N-methyl/N-ethyl adjacent to an activating group) is 1. The molecular weight excluding hydrogens is 302 g/mol. The van der Waals surface area contributed by atoms with Gasteiger partial charge in [0.1, 0.15) is 5.75 Å². The first-order chi connectivity index (χ1) is 11.7. The molecule has 1 aliphatic rings. The maximum atomic E-state index is 9.75. The van der Waals surface area contributed by atoms with E-state index in [2.05, 4.69) is 33.0 Å². The highest BCUT2D eigenvalue weighted by atomic mass is 16.5. The van der Waals surface area contributed by atoms with E-state index >= 15 is 0 Å². The first kappa shape index (κ1) is 16.7. The fourth-order valence-corrected chi connectivity index (χ4v) is 3.26. The molecule has 0 bridgehead atoms. The van der Waals surface area contributed by atoms with Crippen LogP contribution in [0.5, 0.6) is 5.75 Å². The predicted octanol–water partition coefficient (Wildman–Crippen LogP) is 2.29. The van der Waals surface area contributed by atoms with Crippen LogP contribution in [0.1, 0.15) is 17.7 Å². The minimum absolute atomic E-state index is 0.112. The van der Waals surface area contributed by atoms with Gasteiger partial charge in [0.25, 0.3) is 0 Å². The lowest BCUT2D eigenvalue weighted by Crippen LogP contribution is -2.41. The number of fused-ring (bicyclic) bond motifs is 1. The van der Waals surface area contributed by atoms with Crippen LogP contribution in [-0.4, -0.2) is 48.3 Å². The van der Waals surface area contributed by atoms with Gasteiger partial charge in [-0.1, -0.05) is 12.1 Å². The molecule has 1 aliphatic heterocycles. The molecule has 1 aromatic heterocycles. The van der Waals surface area contributed by atoms with Crippen molar-refractivity contribution in [2.24, 2.45) is 0 Å². The highest BCUT2D eigenvalue weighted by molar-refractivity contribution is 5.51. The van der Waals surface area contributed by atoms with Crippen molar-refractivity contribution in [1.82, 2.24) is 9.88 Å². The van der Waals surface area contributed by atoms with E-state index < -0.39 is 0 Å². The Hall–Kier alpha value is -2.11. The SMILES string of the molecule is COc1cccc(CN2CC[C@@H](CO)N(C)c3cccnc3C2)c1. The standard InChI is InChI=1S/C19H25N3O2/c1-21-16(14-23)8-10-22(13-18-19(21)7-4-9-20-18)12-15-5-3-6-17(11-15)24-2/h3-7,9,11,16,23H,8,10,12-14H2,1-2H3/t16-/m0/s1. The van der Waals surface area contributed by atoms with Gasteiger partial charge < -0.3 is 14.7 Å². The Balaban J connectivity index is 1.83. The van der Waals surface area contributed by atoms with Crippen LogP contribution in [0.15, 0.2) is 42.6 Å². The number of anilines is 1. The first-order valence-corrected chi connectivity index (χ1v) is 8.34. The Morgan fingerprint density at radius 3 is 2.96 bits per heavy atom. The number of nitrogens with zero attached hydrogens (tertiary/aromatic N) is 3. The fraction of sp³-hybridized carbons (Fsp3) is 0.421. The van der Waals surface area contributed by atoms with E-state index in [-0.39, 0.29) is 12.6 Å². The number of methoxy groups -OCH3 is 1. The molecule has 2 aromatic rings. The van der Waals surface area contributed by atoms with Gasteiger partial charge in [0, 0.05) is 32.9 Å². The minimum Gasteiger partial charge on any atom is -0.497 e. The van der Waals surface area contributed by atoms with E-state index in [1.54, 1.807) is 7.11 Å². The Kier molecular flexibility index (Phi) is 5.33. The van der Waals surface area contributed by atoms with Crippen molar-refractivity contribution in [1.29, 1.82) is 0 Å². The summed E-state index contributed by atoms with van der Waals surface area (Å²) in [6.07, 6.45) is 2.76. The third kappa shape index (κ3) is 3.68. The number of benzene rings is 1. The molecule has 0 saturated heterocycles. The molecule has 1 aromatic carbocycles. The molecule has 2 heterocycles. The monoisotopic (exact) mass is 327 g/mol. The van der Waals surface area contributed by atoms with Gasteiger partial charge in [-0.3, -0.25) is 9.88 Å². The van der Waals surface area contributed by atoms with Crippen LogP contribution >= 0.6 is 0 Å². The predicted molar refractivity (Wildman–Crippen MR) is 95.2 cm³/mol. The molecule has 1 atom stereocenters. The lowest BCUT2D eigenvalue weighted by Gasteiger charge is -2.35. The summed E-state index contributed by atoms with van der Waals surface area (Å²) < 4.78 is 5.32. The molecular formula is C19H25N3O2. The second-order valence-electron chi connectivity index (χ2n) is 6.27. The number of aliphatic hydroxyl groups is 1. The van der Waals surface area contributed by atoms with Gasteiger partial charge in [-0.05, 0) is 36.2 Å². The number of ether oxygens (including phenoxy) is 1. The molecule has 0 radical (unpaired) electrons. The average molecular weight is 327 g/mol. The zero-order valence-electron chi connectivity index (χ0n) is 14.4. The summed E-state index contributed by atoms with van der Waals surface area (Å²) in [4.78, 5) is 9.12. The molecule has 0 amide bonds. The molecule has 5 nitrogen and oxygen atoms in total. The molecule has 5 heteroatoms. The van der Waals surface area contributed by atoms with Crippen molar-refractivity contribution < 1.29 is 9.84 Å². The summed E-state index contributed by atoms with van der Waals surface area (Å²) >= 11 is 0. The second-order valence-corrected chi connectivity index (χ2v) is 6.27. The lowest BCUT2D eigenvalue weighted by atomic mass is 10.1. The van der Waals surface area contributed by atoms with Crippen LogP contribution in [0.3, 0.4) is 0 Å². The third-order valence-electron chi connectivity index (χ3n) is 4.70. The van der Waals surface area contributed by atoms with E-state index in [4.69, 9.17) is 4.74 Å². The van der Waals surface area contributed by atoms with E-state index in [9.17, 15) is 5.11 Å².